The first-order chi connectivity index (χ1) is 13.3. The molecule has 138 valence electrons. The summed E-state index contributed by atoms with van der Waals surface area (Å²) < 4.78 is 4.94. The molecular formula is C24H24O3. The molecule has 0 amide bonds. The lowest BCUT2D eigenvalue weighted by Gasteiger charge is -2.31. The van der Waals surface area contributed by atoms with Gasteiger partial charge in [0.2, 0.25) is 0 Å². The van der Waals surface area contributed by atoms with E-state index in [2.05, 4.69) is 0 Å². The average molecular weight is 360 g/mol. The Labute approximate surface area is 160 Å². The van der Waals surface area contributed by atoms with Gasteiger partial charge in [-0.15, -0.1) is 0 Å². The van der Waals surface area contributed by atoms with Crippen molar-refractivity contribution in [3.05, 3.63) is 108 Å². The molecule has 3 heteroatoms. The molecule has 0 saturated carbocycles. The molecule has 1 N–H and O–H groups in total. The van der Waals surface area contributed by atoms with Gasteiger partial charge in [0.1, 0.15) is 5.41 Å². The molecule has 1 aliphatic heterocycles. The van der Waals surface area contributed by atoms with Gasteiger partial charge in [-0.25, -0.2) is 0 Å². The van der Waals surface area contributed by atoms with Crippen molar-refractivity contribution in [3.63, 3.8) is 0 Å². The summed E-state index contributed by atoms with van der Waals surface area (Å²) in [6.07, 6.45) is 2.56. The third-order valence-electron chi connectivity index (χ3n) is 4.77. The number of benzene rings is 3. The fourth-order valence-corrected chi connectivity index (χ4v) is 3.45. The maximum atomic E-state index is 12.4. The van der Waals surface area contributed by atoms with Crippen LogP contribution in [0.25, 0.3) is 0 Å². The highest BCUT2D eigenvalue weighted by atomic mass is 16.5. The monoisotopic (exact) mass is 360 g/mol. The molecule has 3 aromatic rings. The van der Waals surface area contributed by atoms with E-state index in [9.17, 15) is 9.90 Å². The van der Waals surface area contributed by atoms with Crippen molar-refractivity contribution in [2.24, 2.45) is 0 Å². The van der Waals surface area contributed by atoms with Crippen molar-refractivity contribution < 1.29 is 14.6 Å². The summed E-state index contributed by atoms with van der Waals surface area (Å²) >= 11 is 0. The predicted molar refractivity (Wildman–Crippen MR) is 107 cm³/mol. The third-order valence-corrected chi connectivity index (χ3v) is 4.77. The predicted octanol–water partition coefficient (Wildman–Crippen LogP) is 4.90. The molecular weight excluding hydrogens is 336 g/mol. The van der Waals surface area contributed by atoms with Crippen LogP contribution in [0.15, 0.2) is 91.0 Å². The van der Waals surface area contributed by atoms with Crippen molar-refractivity contribution in [3.8, 4) is 0 Å². The lowest BCUT2D eigenvalue weighted by atomic mass is 9.69. The zero-order chi connectivity index (χ0) is 19.0. The normalized spacial score (nSPS) is 13.5. The molecule has 0 bridgehead atoms. The zero-order valence-electron chi connectivity index (χ0n) is 15.3. The van der Waals surface area contributed by atoms with Crippen molar-refractivity contribution in [1.82, 2.24) is 0 Å². The van der Waals surface area contributed by atoms with E-state index >= 15 is 0 Å². The number of hydrogen-bond acceptors (Lipinski definition) is 2. The van der Waals surface area contributed by atoms with Gasteiger partial charge < -0.3 is 9.84 Å². The minimum Gasteiger partial charge on any atom is -0.480 e. The molecule has 1 aliphatic rings. The Morgan fingerprint density at radius 1 is 0.667 bits per heavy atom. The van der Waals surface area contributed by atoms with E-state index in [0.717, 1.165) is 29.9 Å². The summed E-state index contributed by atoms with van der Waals surface area (Å²) in [6.45, 7) is 2.00. The number of ether oxygens (including phenoxy) is 1. The van der Waals surface area contributed by atoms with E-state index in [4.69, 9.17) is 4.74 Å². The average Bonchev–Trinajstić information content (AvgIpc) is 3.31. The summed E-state index contributed by atoms with van der Waals surface area (Å²) in [7, 11) is 0. The molecule has 3 nitrogen and oxygen atoms in total. The maximum Gasteiger partial charge on any atom is 0.323 e. The highest BCUT2D eigenvalue weighted by molar-refractivity contribution is 5.90. The SMILES string of the molecule is C1CCOC1.O=C(O)C(c1ccccc1)(c1ccccc1)c1ccccc1. The first-order valence-electron chi connectivity index (χ1n) is 9.24. The molecule has 0 aliphatic carbocycles. The van der Waals surface area contributed by atoms with Crippen molar-refractivity contribution in [2.75, 3.05) is 13.2 Å². The van der Waals surface area contributed by atoms with Crippen LogP contribution in [0.1, 0.15) is 29.5 Å². The molecule has 27 heavy (non-hydrogen) atoms. The number of rotatable bonds is 4. The third kappa shape index (κ3) is 4.09. The van der Waals surface area contributed by atoms with E-state index in [1.165, 1.54) is 12.8 Å². The molecule has 0 unspecified atom stereocenters. The van der Waals surface area contributed by atoms with Crippen LogP contribution >= 0.6 is 0 Å². The number of carboxylic acid groups (broad SMARTS) is 1. The Balaban J connectivity index is 0.000000364. The number of carboxylic acids is 1. The smallest absolute Gasteiger partial charge is 0.323 e. The van der Waals surface area contributed by atoms with E-state index in [-0.39, 0.29) is 0 Å². The van der Waals surface area contributed by atoms with Crippen molar-refractivity contribution in [2.45, 2.75) is 18.3 Å². The Morgan fingerprint density at radius 2 is 1.00 bits per heavy atom. The van der Waals surface area contributed by atoms with Crippen LogP contribution in [-0.2, 0) is 14.9 Å². The van der Waals surface area contributed by atoms with E-state index in [0.29, 0.717) is 0 Å². The number of carbonyl (C=O) groups is 1. The first kappa shape index (κ1) is 18.9. The van der Waals surface area contributed by atoms with Crippen LogP contribution in [0.5, 0.6) is 0 Å². The second-order valence-corrected chi connectivity index (χ2v) is 6.47. The Bertz CT molecular complexity index is 721. The van der Waals surface area contributed by atoms with Gasteiger partial charge in [0.15, 0.2) is 0 Å². The van der Waals surface area contributed by atoms with E-state index in [1.54, 1.807) is 0 Å². The largest absolute Gasteiger partial charge is 0.480 e. The summed E-state index contributed by atoms with van der Waals surface area (Å²) in [5.41, 5.74) is 1.05. The van der Waals surface area contributed by atoms with Crippen LogP contribution in [0.2, 0.25) is 0 Å². The van der Waals surface area contributed by atoms with Crippen LogP contribution in [0, 0.1) is 0 Å². The lowest BCUT2D eigenvalue weighted by molar-refractivity contribution is -0.140. The topological polar surface area (TPSA) is 46.5 Å². The van der Waals surface area contributed by atoms with Crippen LogP contribution < -0.4 is 0 Å². The summed E-state index contributed by atoms with van der Waals surface area (Å²) in [4.78, 5) is 12.4. The lowest BCUT2D eigenvalue weighted by Crippen LogP contribution is -2.38. The molecule has 1 fully saturated rings. The van der Waals surface area contributed by atoms with Crippen molar-refractivity contribution in [1.29, 1.82) is 0 Å². The molecule has 0 aromatic heterocycles. The molecule has 1 heterocycles. The molecule has 3 aromatic carbocycles. The number of aliphatic carboxylic acids is 1. The second kappa shape index (κ2) is 9.15. The van der Waals surface area contributed by atoms with Gasteiger partial charge >= 0.3 is 5.97 Å². The molecule has 0 spiro atoms. The minimum atomic E-state index is -1.20. The highest BCUT2D eigenvalue weighted by Crippen LogP contribution is 2.39. The van der Waals surface area contributed by atoms with Crippen molar-refractivity contribution >= 4 is 5.97 Å². The molecule has 4 rings (SSSR count). The fourth-order valence-electron chi connectivity index (χ4n) is 3.45. The number of hydrogen-bond donors (Lipinski definition) is 1. The fraction of sp³-hybridized carbons (Fsp3) is 0.208. The first-order valence-corrected chi connectivity index (χ1v) is 9.24. The Morgan fingerprint density at radius 3 is 1.22 bits per heavy atom. The van der Waals surface area contributed by atoms with Gasteiger partial charge in [-0.2, -0.15) is 0 Å². The van der Waals surface area contributed by atoms with Gasteiger partial charge in [-0.05, 0) is 29.5 Å². The maximum absolute atomic E-state index is 12.4. The minimum absolute atomic E-state index is 0.750. The van der Waals surface area contributed by atoms with E-state index in [1.807, 2.05) is 91.0 Å². The Kier molecular flexibility index (Phi) is 6.39. The molecule has 1 saturated heterocycles. The summed E-state index contributed by atoms with van der Waals surface area (Å²) in [5.74, 6) is -0.879. The van der Waals surface area contributed by atoms with Crippen LogP contribution in [0.4, 0.5) is 0 Å². The quantitative estimate of drug-likeness (QED) is 0.673. The second-order valence-electron chi connectivity index (χ2n) is 6.47. The van der Waals surface area contributed by atoms with Gasteiger partial charge in [0, 0.05) is 13.2 Å². The van der Waals surface area contributed by atoms with Gasteiger partial charge in [-0.1, -0.05) is 91.0 Å². The summed E-state index contributed by atoms with van der Waals surface area (Å²) in [6, 6.07) is 28.1. The van der Waals surface area contributed by atoms with Crippen LogP contribution in [-0.4, -0.2) is 24.3 Å². The van der Waals surface area contributed by atoms with Gasteiger partial charge in [0.25, 0.3) is 0 Å². The summed E-state index contributed by atoms with van der Waals surface area (Å²) in [5, 5.41) is 10.2. The molecule has 0 radical (unpaired) electrons. The molecule has 0 atom stereocenters. The van der Waals surface area contributed by atoms with Gasteiger partial charge in [0.05, 0.1) is 0 Å². The zero-order valence-corrected chi connectivity index (χ0v) is 15.3. The van der Waals surface area contributed by atoms with Crippen LogP contribution in [0.3, 0.4) is 0 Å². The Hall–Kier alpha value is -2.91. The highest BCUT2D eigenvalue weighted by Gasteiger charge is 2.43. The standard InChI is InChI=1S/C20H16O2.C4H8O/c21-19(22)20(16-10-4-1-5-11-16,17-12-6-2-7-13-17)18-14-8-3-9-15-18;1-2-4-5-3-1/h1-15H,(H,21,22);1-4H2. The van der Waals surface area contributed by atoms with E-state index < -0.39 is 11.4 Å². The van der Waals surface area contributed by atoms with Gasteiger partial charge in [-0.3, -0.25) is 4.79 Å².